The zero-order valence-corrected chi connectivity index (χ0v) is 6.47. The van der Waals surface area contributed by atoms with Crippen molar-refractivity contribution in [1.29, 1.82) is 0 Å². The molecule has 2 rings (SSSR count). The molecule has 3 nitrogen and oxygen atoms in total. The van der Waals surface area contributed by atoms with Crippen molar-refractivity contribution in [3.8, 4) is 11.3 Å². The second-order valence-corrected chi connectivity index (χ2v) is 2.91. The maximum atomic E-state index is 5.38. The highest BCUT2D eigenvalue weighted by Crippen LogP contribution is 2.22. The Hall–Kier alpha value is -1.29. The van der Waals surface area contributed by atoms with Gasteiger partial charge in [-0.05, 0) is 11.4 Å². The van der Waals surface area contributed by atoms with Crippen LogP contribution in [0, 0.1) is 0 Å². The molecule has 0 fully saturated rings. The highest BCUT2D eigenvalue weighted by Gasteiger charge is 2.03. The molecule has 0 unspecified atom stereocenters. The van der Waals surface area contributed by atoms with E-state index in [-0.39, 0.29) is 0 Å². The molecule has 0 amide bonds. The minimum Gasteiger partial charge on any atom is -0.381 e. The average Bonchev–Trinajstić information content (AvgIpc) is 2.55. The first-order valence-corrected chi connectivity index (χ1v) is 4.05. The Kier molecular flexibility index (Phi) is 1.40. The van der Waals surface area contributed by atoms with E-state index in [1.165, 1.54) is 0 Å². The quantitative estimate of drug-likeness (QED) is 0.704. The van der Waals surface area contributed by atoms with E-state index in [1.807, 2.05) is 16.8 Å². The summed E-state index contributed by atoms with van der Waals surface area (Å²) in [5.74, 6) is 1.15. The van der Waals surface area contributed by atoms with Gasteiger partial charge in [0.1, 0.15) is 0 Å². The van der Waals surface area contributed by atoms with Crippen molar-refractivity contribution in [2.45, 2.75) is 0 Å². The first-order valence-electron chi connectivity index (χ1n) is 3.11. The summed E-state index contributed by atoms with van der Waals surface area (Å²) in [4.78, 5) is 0. The van der Waals surface area contributed by atoms with E-state index in [0.717, 1.165) is 11.3 Å². The number of nitrogens with two attached hydrogens (primary N) is 1. The van der Waals surface area contributed by atoms with Crippen LogP contribution in [0.5, 0.6) is 0 Å². The lowest BCUT2D eigenvalue weighted by Crippen LogP contribution is -1.79. The Labute approximate surface area is 67.4 Å². The Bertz CT molecular complexity index is 339. The SMILES string of the molecule is Nc1cc(-c2ccsc2)on1. The van der Waals surface area contributed by atoms with E-state index in [4.69, 9.17) is 10.3 Å². The van der Waals surface area contributed by atoms with Gasteiger partial charge in [0.15, 0.2) is 11.6 Å². The molecule has 2 aromatic rings. The van der Waals surface area contributed by atoms with Gasteiger partial charge in [0, 0.05) is 17.0 Å². The monoisotopic (exact) mass is 166 g/mol. The van der Waals surface area contributed by atoms with E-state index in [9.17, 15) is 0 Å². The van der Waals surface area contributed by atoms with Gasteiger partial charge in [-0.2, -0.15) is 11.3 Å². The summed E-state index contributed by atoms with van der Waals surface area (Å²) < 4.78 is 4.94. The molecule has 0 radical (unpaired) electrons. The molecular weight excluding hydrogens is 160 g/mol. The van der Waals surface area contributed by atoms with Crippen molar-refractivity contribution in [2.75, 3.05) is 5.73 Å². The van der Waals surface area contributed by atoms with Crippen LogP contribution in [-0.2, 0) is 0 Å². The number of nitrogens with zero attached hydrogens (tertiary/aromatic N) is 1. The molecule has 0 saturated heterocycles. The van der Waals surface area contributed by atoms with E-state index in [1.54, 1.807) is 17.4 Å². The zero-order chi connectivity index (χ0) is 7.68. The van der Waals surface area contributed by atoms with Crippen molar-refractivity contribution in [3.63, 3.8) is 0 Å². The van der Waals surface area contributed by atoms with Crippen LogP contribution in [-0.4, -0.2) is 5.16 Å². The number of anilines is 1. The molecule has 56 valence electrons. The fourth-order valence-electron chi connectivity index (χ4n) is 0.830. The molecule has 0 atom stereocenters. The van der Waals surface area contributed by atoms with Crippen molar-refractivity contribution >= 4 is 17.2 Å². The first kappa shape index (κ1) is 6.42. The van der Waals surface area contributed by atoms with Crippen LogP contribution in [0.15, 0.2) is 27.4 Å². The molecular formula is C7H6N2OS. The lowest BCUT2D eigenvalue weighted by Gasteiger charge is -1.82. The van der Waals surface area contributed by atoms with Gasteiger partial charge in [-0.3, -0.25) is 0 Å². The number of thiophene rings is 1. The number of aromatic nitrogens is 1. The Balaban J connectivity index is 2.45. The van der Waals surface area contributed by atoms with Gasteiger partial charge in [-0.1, -0.05) is 5.16 Å². The Morgan fingerprint density at radius 2 is 2.45 bits per heavy atom. The molecule has 0 bridgehead atoms. The predicted octanol–water partition coefficient (Wildman–Crippen LogP) is 1.99. The standard InChI is InChI=1S/C7H6N2OS/c8-7-3-6(10-9-7)5-1-2-11-4-5/h1-4H,(H2,8,9). The predicted molar refractivity (Wildman–Crippen MR) is 44.2 cm³/mol. The smallest absolute Gasteiger partial charge is 0.169 e. The number of nitrogen functional groups attached to an aromatic ring is 1. The molecule has 0 spiro atoms. The zero-order valence-electron chi connectivity index (χ0n) is 5.65. The molecule has 2 heterocycles. The minimum absolute atomic E-state index is 0.422. The highest BCUT2D eigenvalue weighted by molar-refractivity contribution is 7.08. The highest BCUT2D eigenvalue weighted by atomic mass is 32.1. The van der Waals surface area contributed by atoms with Gasteiger partial charge in [0.2, 0.25) is 0 Å². The van der Waals surface area contributed by atoms with Gasteiger partial charge < -0.3 is 10.3 Å². The second-order valence-electron chi connectivity index (χ2n) is 2.13. The van der Waals surface area contributed by atoms with E-state index in [2.05, 4.69) is 5.16 Å². The summed E-state index contributed by atoms with van der Waals surface area (Å²) >= 11 is 1.62. The van der Waals surface area contributed by atoms with Gasteiger partial charge in [-0.25, -0.2) is 0 Å². The summed E-state index contributed by atoms with van der Waals surface area (Å²) in [5, 5.41) is 7.55. The molecule has 11 heavy (non-hydrogen) atoms. The van der Waals surface area contributed by atoms with Gasteiger partial charge in [0.25, 0.3) is 0 Å². The third kappa shape index (κ3) is 1.12. The number of hydrogen-bond acceptors (Lipinski definition) is 4. The van der Waals surface area contributed by atoms with Gasteiger partial charge >= 0.3 is 0 Å². The summed E-state index contributed by atoms with van der Waals surface area (Å²) in [5.41, 5.74) is 6.41. The molecule has 0 aliphatic rings. The molecule has 0 aliphatic carbocycles. The van der Waals surface area contributed by atoms with E-state index >= 15 is 0 Å². The van der Waals surface area contributed by atoms with Crippen LogP contribution in [0.1, 0.15) is 0 Å². The van der Waals surface area contributed by atoms with Crippen LogP contribution in [0.4, 0.5) is 5.82 Å². The van der Waals surface area contributed by atoms with Crippen LogP contribution < -0.4 is 5.73 Å². The lowest BCUT2D eigenvalue weighted by molar-refractivity contribution is 0.436. The Morgan fingerprint density at radius 3 is 3.00 bits per heavy atom. The second kappa shape index (κ2) is 2.39. The van der Waals surface area contributed by atoms with Crippen LogP contribution >= 0.6 is 11.3 Å². The molecule has 2 aromatic heterocycles. The lowest BCUT2D eigenvalue weighted by atomic mass is 10.3. The molecule has 2 N–H and O–H groups in total. The summed E-state index contributed by atoms with van der Waals surface area (Å²) in [6, 6.07) is 3.67. The van der Waals surface area contributed by atoms with Crippen LogP contribution in [0.3, 0.4) is 0 Å². The topological polar surface area (TPSA) is 52.0 Å². The maximum absolute atomic E-state index is 5.38. The van der Waals surface area contributed by atoms with Crippen molar-refractivity contribution < 1.29 is 4.52 Å². The average molecular weight is 166 g/mol. The minimum atomic E-state index is 0.422. The number of hydrogen-bond donors (Lipinski definition) is 1. The third-order valence-electron chi connectivity index (χ3n) is 1.33. The fraction of sp³-hybridized carbons (Fsp3) is 0. The van der Waals surface area contributed by atoms with Crippen molar-refractivity contribution in [2.24, 2.45) is 0 Å². The fourth-order valence-corrected chi connectivity index (χ4v) is 1.47. The maximum Gasteiger partial charge on any atom is 0.169 e. The summed E-state index contributed by atoms with van der Waals surface area (Å²) in [6.45, 7) is 0. The molecule has 4 heteroatoms. The molecule has 0 saturated carbocycles. The largest absolute Gasteiger partial charge is 0.381 e. The van der Waals surface area contributed by atoms with Gasteiger partial charge in [0.05, 0.1) is 0 Å². The van der Waals surface area contributed by atoms with Crippen LogP contribution in [0.25, 0.3) is 11.3 Å². The summed E-state index contributed by atoms with van der Waals surface area (Å²) in [6.07, 6.45) is 0. The van der Waals surface area contributed by atoms with Gasteiger partial charge in [-0.15, -0.1) is 0 Å². The van der Waals surface area contributed by atoms with Crippen molar-refractivity contribution in [3.05, 3.63) is 22.9 Å². The summed E-state index contributed by atoms with van der Waals surface area (Å²) in [7, 11) is 0. The number of rotatable bonds is 1. The third-order valence-corrected chi connectivity index (χ3v) is 2.02. The van der Waals surface area contributed by atoms with E-state index < -0.39 is 0 Å². The van der Waals surface area contributed by atoms with E-state index in [0.29, 0.717) is 5.82 Å². The first-order chi connectivity index (χ1) is 5.36. The van der Waals surface area contributed by atoms with Crippen molar-refractivity contribution in [1.82, 2.24) is 5.16 Å². The van der Waals surface area contributed by atoms with Crippen LogP contribution in [0.2, 0.25) is 0 Å². The normalized spacial score (nSPS) is 10.2. The Morgan fingerprint density at radius 1 is 1.55 bits per heavy atom. The molecule has 0 aliphatic heterocycles. The molecule has 0 aromatic carbocycles.